The van der Waals surface area contributed by atoms with Crippen LogP contribution >= 0.6 is 0 Å². The van der Waals surface area contributed by atoms with Gasteiger partial charge in [0.2, 0.25) is 11.8 Å². The van der Waals surface area contributed by atoms with Crippen LogP contribution in [0.25, 0.3) is 0 Å². The number of allylic oxidation sites excluding steroid dienone is 1. The van der Waals surface area contributed by atoms with Crippen LogP contribution in [0.2, 0.25) is 0 Å². The normalized spacial score (nSPS) is 14.0. The molecule has 0 aliphatic carbocycles. The largest absolute Gasteiger partial charge is 0.481 e. The third kappa shape index (κ3) is 7.02. The summed E-state index contributed by atoms with van der Waals surface area (Å²) in [6.45, 7) is 3.37. The fraction of sp³-hybridized carbons (Fsp3) is 0.444. The van der Waals surface area contributed by atoms with Crippen molar-refractivity contribution in [2.75, 3.05) is 0 Å². The number of hydrogen-bond acceptors (Lipinski definition) is 3. The highest BCUT2D eigenvalue weighted by Gasteiger charge is 2.15. The van der Waals surface area contributed by atoms with Crippen LogP contribution in [0.4, 0.5) is 0 Å². The van der Waals surface area contributed by atoms with Crippen LogP contribution in [0.5, 0.6) is 0 Å². The number of carbonyl (C=O) groups excluding carboxylic acids is 2. The molecule has 1 fully saturated rings. The molecular weight excluding hydrogens is 186 g/mol. The highest BCUT2D eigenvalue weighted by atomic mass is 16.4. The number of carboxylic acid groups (broad SMARTS) is 1. The summed E-state index contributed by atoms with van der Waals surface area (Å²) in [6, 6.07) is 0. The third-order valence-corrected chi connectivity index (χ3v) is 1.42. The summed E-state index contributed by atoms with van der Waals surface area (Å²) in [5.41, 5.74) is 0. The zero-order valence-electron chi connectivity index (χ0n) is 7.78. The summed E-state index contributed by atoms with van der Waals surface area (Å²) in [5.74, 6) is -1.06. The van der Waals surface area contributed by atoms with Crippen molar-refractivity contribution in [3.05, 3.63) is 12.7 Å². The molecule has 0 aromatic carbocycles. The van der Waals surface area contributed by atoms with E-state index in [9.17, 15) is 14.4 Å². The first kappa shape index (κ1) is 12.3. The predicted molar refractivity (Wildman–Crippen MR) is 49.5 cm³/mol. The first-order valence-electron chi connectivity index (χ1n) is 4.21. The second-order valence-corrected chi connectivity index (χ2v) is 2.69. The Morgan fingerprint density at radius 2 is 1.93 bits per heavy atom. The van der Waals surface area contributed by atoms with Crippen molar-refractivity contribution >= 4 is 17.8 Å². The SMILES string of the molecule is C=CCCC(=O)O.O=C1CCC(=O)N1. The predicted octanol–water partition coefficient (Wildman–Crippen LogP) is 0.460. The van der Waals surface area contributed by atoms with Gasteiger partial charge in [-0.1, -0.05) is 6.08 Å². The van der Waals surface area contributed by atoms with Crippen LogP contribution < -0.4 is 5.32 Å². The Morgan fingerprint density at radius 3 is 2.07 bits per heavy atom. The topological polar surface area (TPSA) is 83.5 Å². The van der Waals surface area contributed by atoms with Gasteiger partial charge in [0.15, 0.2) is 0 Å². The van der Waals surface area contributed by atoms with Gasteiger partial charge < -0.3 is 5.11 Å². The minimum absolute atomic E-state index is 0.148. The van der Waals surface area contributed by atoms with Gasteiger partial charge in [0, 0.05) is 19.3 Å². The Balaban J connectivity index is 0.000000241. The zero-order valence-corrected chi connectivity index (χ0v) is 7.78. The molecule has 0 unspecified atom stereocenters. The molecule has 1 heterocycles. The van der Waals surface area contributed by atoms with Gasteiger partial charge in [0.1, 0.15) is 0 Å². The smallest absolute Gasteiger partial charge is 0.303 e. The van der Waals surface area contributed by atoms with E-state index >= 15 is 0 Å². The van der Waals surface area contributed by atoms with Crippen molar-refractivity contribution in [2.45, 2.75) is 25.7 Å². The highest BCUT2D eigenvalue weighted by molar-refractivity contribution is 6.01. The molecule has 1 aliphatic rings. The van der Waals surface area contributed by atoms with Gasteiger partial charge in [-0.25, -0.2) is 0 Å². The molecule has 0 saturated carbocycles. The van der Waals surface area contributed by atoms with E-state index in [1.54, 1.807) is 6.08 Å². The van der Waals surface area contributed by atoms with Crippen LogP contribution in [0.1, 0.15) is 25.7 Å². The summed E-state index contributed by atoms with van der Waals surface area (Å²) < 4.78 is 0. The van der Waals surface area contributed by atoms with Crippen molar-refractivity contribution < 1.29 is 19.5 Å². The number of rotatable bonds is 3. The first-order valence-corrected chi connectivity index (χ1v) is 4.21. The van der Waals surface area contributed by atoms with E-state index in [4.69, 9.17) is 5.11 Å². The monoisotopic (exact) mass is 199 g/mol. The van der Waals surface area contributed by atoms with E-state index in [1.165, 1.54) is 0 Å². The van der Waals surface area contributed by atoms with E-state index in [1.807, 2.05) is 0 Å². The number of carbonyl (C=O) groups is 3. The van der Waals surface area contributed by atoms with Gasteiger partial charge in [-0.3, -0.25) is 19.7 Å². The Hall–Kier alpha value is -1.65. The van der Waals surface area contributed by atoms with Crippen LogP contribution in [0, 0.1) is 0 Å². The highest BCUT2D eigenvalue weighted by Crippen LogP contribution is 1.95. The van der Waals surface area contributed by atoms with Crippen LogP contribution in [0.15, 0.2) is 12.7 Å². The number of nitrogens with one attached hydrogen (secondary N) is 1. The van der Waals surface area contributed by atoms with E-state index in [0.29, 0.717) is 19.3 Å². The van der Waals surface area contributed by atoms with Crippen molar-refractivity contribution in [3.63, 3.8) is 0 Å². The Kier molecular flexibility index (Phi) is 6.02. The van der Waals surface area contributed by atoms with Crippen LogP contribution in [-0.2, 0) is 14.4 Å². The van der Waals surface area contributed by atoms with Crippen molar-refractivity contribution in [3.8, 4) is 0 Å². The molecular formula is C9H13NO4. The molecule has 0 aromatic heterocycles. The molecule has 5 heteroatoms. The molecule has 0 atom stereocenters. The minimum atomic E-state index is -0.764. The fourth-order valence-electron chi connectivity index (χ4n) is 0.733. The third-order valence-electron chi connectivity index (χ3n) is 1.42. The molecule has 0 aromatic rings. The quantitative estimate of drug-likeness (QED) is 0.511. The molecule has 0 bridgehead atoms. The number of amides is 2. The molecule has 0 spiro atoms. The lowest BCUT2D eigenvalue weighted by Gasteiger charge is -1.82. The zero-order chi connectivity index (χ0) is 11.0. The van der Waals surface area contributed by atoms with E-state index in [2.05, 4.69) is 11.9 Å². The Labute approximate surface area is 81.8 Å². The van der Waals surface area contributed by atoms with Gasteiger partial charge in [-0.2, -0.15) is 0 Å². The average molecular weight is 199 g/mol. The second-order valence-electron chi connectivity index (χ2n) is 2.69. The summed E-state index contributed by atoms with van der Waals surface area (Å²) in [6.07, 6.45) is 3.10. The molecule has 2 N–H and O–H groups in total. The summed E-state index contributed by atoms with van der Waals surface area (Å²) in [7, 11) is 0. The maximum Gasteiger partial charge on any atom is 0.303 e. The Morgan fingerprint density at radius 1 is 1.43 bits per heavy atom. The van der Waals surface area contributed by atoms with Crippen molar-refractivity contribution in [1.82, 2.24) is 5.32 Å². The van der Waals surface area contributed by atoms with E-state index in [0.717, 1.165) is 0 Å². The summed E-state index contributed by atoms with van der Waals surface area (Å²) in [5, 5.41) is 10.1. The standard InChI is InChI=1S/C5H8O2.C4H5NO2/c1-2-3-4-5(6)7;6-3-1-2-4(7)5-3/h2H,1,3-4H2,(H,6,7);1-2H2,(H,5,6,7). The summed E-state index contributed by atoms with van der Waals surface area (Å²) in [4.78, 5) is 30.0. The maximum atomic E-state index is 10.1. The lowest BCUT2D eigenvalue weighted by atomic mass is 10.3. The minimum Gasteiger partial charge on any atom is -0.481 e. The first-order chi connectivity index (χ1) is 6.56. The van der Waals surface area contributed by atoms with Gasteiger partial charge in [0.25, 0.3) is 0 Å². The van der Waals surface area contributed by atoms with Crippen molar-refractivity contribution in [1.29, 1.82) is 0 Å². The molecule has 2 amide bonds. The van der Waals surface area contributed by atoms with Gasteiger partial charge in [-0.15, -0.1) is 6.58 Å². The van der Waals surface area contributed by atoms with E-state index in [-0.39, 0.29) is 18.2 Å². The van der Waals surface area contributed by atoms with Crippen LogP contribution in [0.3, 0.4) is 0 Å². The lowest BCUT2D eigenvalue weighted by molar-refractivity contribution is -0.137. The van der Waals surface area contributed by atoms with Crippen LogP contribution in [-0.4, -0.2) is 22.9 Å². The molecule has 5 nitrogen and oxygen atoms in total. The van der Waals surface area contributed by atoms with Crippen molar-refractivity contribution in [2.24, 2.45) is 0 Å². The number of aliphatic carboxylic acids is 1. The molecule has 1 aliphatic heterocycles. The number of imide groups is 1. The second kappa shape index (κ2) is 6.82. The molecule has 0 radical (unpaired) electrons. The van der Waals surface area contributed by atoms with E-state index < -0.39 is 5.97 Å². The average Bonchev–Trinajstić information content (AvgIpc) is 2.47. The lowest BCUT2D eigenvalue weighted by Crippen LogP contribution is -2.18. The number of hydrogen-bond donors (Lipinski definition) is 2. The molecule has 78 valence electrons. The summed E-state index contributed by atoms with van der Waals surface area (Å²) >= 11 is 0. The molecule has 1 rings (SSSR count). The van der Waals surface area contributed by atoms with Gasteiger partial charge in [0.05, 0.1) is 0 Å². The molecule has 14 heavy (non-hydrogen) atoms. The van der Waals surface area contributed by atoms with Gasteiger partial charge >= 0.3 is 5.97 Å². The fourth-order valence-corrected chi connectivity index (χ4v) is 0.733. The maximum absolute atomic E-state index is 10.1. The van der Waals surface area contributed by atoms with Gasteiger partial charge in [-0.05, 0) is 6.42 Å². The number of carboxylic acids is 1. The Bertz CT molecular complexity index is 233. The molecule has 1 saturated heterocycles.